The first-order valence-corrected chi connectivity index (χ1v) is 6.23. The van der Waals surface area contributed by atoms with Gasteiger partial charge in [0.1, 0.15) is 12.9 Å². The Bertz CT molecular complexity index is 723. The summed E-state index contributed by atoms with van der Waals surface area (Å²) < 4.78 is 45.2. The maximum Gasteiger partial charge on any atom is 0.328 e. The van der Waals surface area contributed by atoms with Gasteiger partial charge in [-0.05, 0) is 29.5 Å². The zero-order chi connectivity index (χ0) is 17.0. The van der Waals surface area contributed by atoms with Gasteiger partial charge in [-0.3, -0.25) is 9.59 Å². The lowest BCUT2D eigenvalue weighted by atomic mass is 10.2. The minimum Gasteiger partial charge on any atom is -0.451 e. The molecule has 2 aromatic rings. The molecule has 0 bridgehead atoms. The number of benzene rings is 1. The van der Waals surface area contributed by atoms with Crippen molar-refractivity contribution in [2.75, 3.05) is 5.32 Å². The lowest BCUT2D eigenvalue weighted by molar-refractivity contribution is -0.153. The van der Waals surface area contributed by atoms with Gasteiger partial charge in [0.15, 0.2) is 23.6 Å². The van der Waals surface area contributed by atoms with Crippen molar-refractivity contribution in [2.24, 2.45) is 0 Å². The quantitative estimate of drug-likeness (QED) is 0.639. The molecular formula is C12H10F3N5O3. The zero-order valence-electron chi connectivity index (χ0n) is 11.7. The molecule has 0 aliphatic heterocycles. The third kappa shape index (κ3) is 4.02. The van der Waals surface area contributed by atoms with Crippen LogP contribution in [0.15, 0.2) is 18.5 Å². The van der Waals surface area contributed by atoms with Crippen LogP contribution in [0.3, 0.4) is 0 Å². The highest BCUT2D eigenvalue weighted by atomic mass is 19.2. The number of carbonyl (C=O) groups excluding carboxylic acids is 2. The lowest BCUT2D eigenvalue weighted by Gasteiger charge is -2.14. The van der Waals surface area contributed by atoms with Crippen LogP contribution in [0.5, 0.6) is 0 Å². The molecule has 1 amide bonds. The van der Waals surface area contributed by atoms with Gasteiger partial charge in [0.25, 0.3) is 5.91 Å². The van der Waals surface area contributed by atoms with Crippen LogP contribution in [0.25, 0.3) is 0 Å². The molecule has 0 radical (unpaired) electrons. The summed E-state index contributed by atoms with van der Waals surface area (Å²) in [6.07, 6.45) is -0.130. The monoisotopic (exact) mass is 329 g/mol. The largest absolute Gasteiger partial charge is 0.451 e. The van der Waals surface area contributed by atoms with E-state index in [4.69, 9.17) is 4.74 Å². The molecule has 0 saturated heterocycles. The van der Waals surface area contributed by atoms with Crippen molar-refractivity contribution in [3.8, 4) is 0 Å². The highest BCUT2D eigenvalue weighted by Gasteiger charge is 2.21. The molecule has 23 heavy (non-hydrogen) atoms. The number of ether oxygens (including phenoxy) is 1. The number of rotatable bonds is 5. The summed E-state index contributed by atoms with van der Waals surface area (Å²) in [6.45, 7) is 0.898. The van der Waals surface area contributed by atoms with Crippen molar-refractivity contribution in [2.45, 2.75) is 19.6 Å². The first-order chi connectivity index (χ1) is 10.9. The van der Waals surface area contributed by atoms with Gasteiger partial charge in [0.05, 0.1) is 5.69 Å². The van der Waals surface area contributed by atoms with E-state index in [1.165, 1.54) is 13.3 Å². The molecule has 1 aromatic heterocycles. The third-order valence-corrected chi connectivity index (χ3v) is 2.65. The van der Waals surface area contributed by atoms with Crippen molar-refractivity contribution in [3.05, 3.63) is 35.9 Å². The number of amides is 1. The summed E-state index contributed by atoms with van der Waals surface area (Å²) in [5.74, 6) is -6.39. The molecular weight excluding hydrogens is 319 g/mol. The lowest BCUT2D eigenvalue weighted by Crippen LogP contribution is -2.31. The number of halogens is 3. The third-order valence-electron chi connectivity index (χ3n) is 2.65. The van der Waals surface area contributed by atoms with E-state index in [1.54, 1.807) is 0 Å². The molecule has 0 saturated carbocycles. The average molecular weight is 329 g/mol. The number of anilines is 1. The van der Waals surface area contributed by atoms with Crippen LogP contribution in [0, 0.1) is 17.5 Å². The van der Waals surface area contributed by atoms with E-state index in [0.29, 0.717) is 6.07 Å². The Labute approximate surface area is 127 Å². The van der Waals surface area contributed by atoms with Crippen molar-refractivity contribution < 1.29 is 27.5 Å². The fourth-order valence-electron chi connectivity index (χ4n) is 1.53. The minimum absolute atomic E-state index is 0.329. The molecule has 0 fully saturated rings. The van der Waals surface area contributed by atoms with E-state index in [9.17, 15) is 22.8 Å². The van der Waals surface area contributed by atoms with Crippen LogP contribution in [-0.4, -0.2) is 38.2 Å². The van der Waals surface area contributed by atoms with Crippen LogP contribution in [0.1, 0.15) is 6.92 Å². The topological polar surface area (TPSA) is 99.0 Å². The second-order valence-electron chi connectivity index (χ2n) is 4.35. The van der Waals surface area contributed by atoms with E-state index < -0.39 is 41.1 Å². The number of hydrogen-bond donors (Lipinski definition) is 1. The number of aromatic nitrogens is 4. The molecule has 1 atom stereocenters. The smallest absolute Gasteiger partial charge is 0.328 e. The molecule has 0 aliphatic rings. The van der Waals surface area contributed by atoms with Crippen LogP contribution >= 0.6 is 0 Å². The second-order valence-corrected chi connectivity index (χ2v) is 4.35. The Morgan fingerprint density at radius 1 is 1.30 bits per heavy atom. The summed E-state index contributed by atoms with van der Waals surface area (Å²) in [7, 11) is 0. The molecule has 11 heteroatoms. The summed E-state index contributed by atoms with van der Waals surface area (Å²) in [5.41, 5.74) is -0.572. The summed E-state index contributed by atoms with van der Waals surface area (Å²) in [5, 5.41) is 12.0. The van der Waals surface area contributed by atoms with Crippen LogP contribution in [0.2, 0.25) is 0 Å². The summed E-state index contributed by atoms with van der Waals surface area (Å²) in [4.78, 5) is 23.3. The number of carbonyl (C=O) groups is 2. The van der Waals surface area contributed by atoms with Gasteiger partial charge in [-0.2, -0.15) is 0 Å². The number of esters is 1. The molecule has 8 nitrogen and oxygen atoms in total. The van der Waals surface area contributed by atoms with Gasteiger partial charge in [-0.15, -0.1) is 5.10 Å². The Hall–Kier alpha value is -2.98. The maximum atomic E-state index is 13.4. The van der Waals surface area contributed by atoms with Crippen LogP contribution < -0.4 is 5.32 Å². The van der Waals surface area contributed by atoms with E-state index in [-0.39, 0.29) is 6.54 Å². The molecule has 122 valence electrons. The molecule has 1 aromatic carbocycles. The summed E-state index contributed by atoms with van der Waals surface area (Å²) in [6, 6.07) is 1.50. The Morgan fingerprint density at radius 3 is 2.70 bits per heavy atom. The van der Waals surface area contributed by atoms with E-state index in [1.807, 2.05) is 5.32 Å². The number of hydrogen-bond acceptors (Lipinski definition) is 6. The Balaban J connectivity index is 1.95. The van der Waals surface area contributed by atoms with Crippen molar-refractivity contribution >= 4 is 17.6 Å². The number of tetrazole rings is 1. The van der Waals surface area contributed by atoms with E-state index in [2.05, 4.69) is 15.5 Å². The number of nitrogens with zero attached hydrogens (tertiary/aromatic N) is 4. The number of nitrogens with one attached hydrogen (secondary N) is 1. The summed E-state index contributed by atoms with van der Waals surface area (Å²) >= 11 is 0. The molecule has 0 spiro atoms. The van der Waals surface area contributed by atoms with Crippen LogP contribution in [-0.2, 0) is 20.9 Å². The first kappa shape index (κ1) is 16.4. The van der Waals surface area contributed by atoms with Crippen LogP contribution in [0.4, 0.5) is 18.9 Å². The predicted octanol–water partition coefficient (Wildman–Crippen LogP) is 0.661. The van der Waals surface area contributed by atoms with E-state index >= 15 is 0 Å². The average Bonchev–Trinajstić information content (AvgIpc) is 3.00. The van der Waals surface area contributed by atoms with Gasteiger partial charge < -0.3 is 10.1 Å². The normalized spacial score (nSPS) is 11.8. The van der Waals surface area contributed by atoms with Gasteiger partial charge in [-0.25, -0.2) is 17.9 Å². The van der Waals surface area contributed by atoms with Crippen molar-refractivity contribution in [3.63, 3.8) is 0 Å². The second kappa shape index (κ2) is 6.85. The molecule has 0 unspecified atom stereocenters. The van der Waals surface area contributed by atoms with Crippen molar-refractivity contribution in [1.29, 1.82) is 0 Å². The van der Waals surface area contributed by atoms with Gasteiger partial charge >= 0.3 is 5.97 Å². The molecule has 1 N–H and O–H groups in total. The predicted molar refractivity (Wildman–Crippen MR) is 68.3 cm³/mol. The SMILES string of the molecule is C[C@@H](OC(=O)Cn1cnnn1)C(=O)Nc1ccc(F)c(F)c1F. The fourth-order valence-corrected chi connectivity index (χ4v) is 1.53. The highest BCUT2D eigenvalue weighted by Crippen LogP contribution is 2.19. The minimum atomic E-state index is -1.72. The van der Waals surface area contributed by atoms with E-state index in [0.717, 1.165) is 10.7 Å². The Morgan fingerprint density at radius 2 is 2.04 bits per heavy atom. The first-order valence-electron chi connectivity index (χ1n) is 6.23. The molecule has 0 aliphatic carbocycles. The maximum absolute atomic E-state index is 13.4. The van der Waals surface area contributed by atoms with Crippen molar-refractivity contribution in [1.82, 2.24) is 20.2 Å². The molecule has 1 heterocycles. The highest BCUT2D eigenvalue weighted by molar-refractivity contribution is 5.95. The van der Waals surface area contributed by atoms with Gasteiger partial charge in [0, 0.05) is 0 Å². The van der Waals surface area contributed by atoms with Gasteiger partial charge in [-0.1, -0.05) is 0 Å². The molecule has 2 rings (SSSR count). The fraction of sp³-hybridized carbons (Fsp3) is 0.250. The van der Waals surface area contributed by atoms with Gasteiger partial charge in [0.2, 0.25) is 0 Å². The Kier molecular flexibility index (Phi) is 4.88. The zero-order valence-corrected chi connectivity index (χ0v) is 11.7. The standard InChI is InChI=1S/C12H10F3N5O3/c1-6(23-9(21)4-20-5-16-18-19-20)12(22)17-8-3-2-7(13)10(14)11(8)15/h2-3,5-6H,4H2,1H3,(H,17,22)/t6-/m1/s1.